The van der Waals surface area contributed by atoms with E-state index < -0.39 is 28.4 Å². The highest BCUT2D eigenvalue weighted by Crippen LogP contribution is 2.20. The van der Waals surface area contributed by atoms with Crippen molar-refractivity contribution in [3.63, 3.8) is 0 Å². The third-order valence-corrected chi connectivity index (χ3v) is 3.51. The SMILES string of the molecule is CCCN(CC(=O)O)C(=O)c1cc(S(N)(=O)=O)c(C)o1. The van der Waals surface area contributed by atoms with Crippen molar-refractivity contribution in [1.82, 2.24) is 4.90 Å². The Morgan fingerprint density at radius 2 is 2.05 bits per heavy atom. The molecule has 1 heterocycles. The maximum atomic E-state index is 12.1. The lowest BCUT2D eigenvalue weighted by molar-refractivity contribution is -0.137. The van der Waals surface area contributed by atoms with Crippen molar-refractivity contribution in [2.75, 3.05) is 13.1 Å². The number of furan rings is 1. The summed E-state index contributed by atoms with van der Waals surface area (Å²) < 4.78 is 27.6. The molecule has 0 unspecified atom stereocenters. The highest BCUT2D eigenvalue weighted by atomic mass is 32.2. The van der Waals surface area contributed by atoms with Crippen LogP contribution in [-0.2, 0) is 14.8 Å². The first-order valence-electron chi connectivity index (χ1n) is 5.81. The lowest BCUT2D eigenvalue weighted by Crippen LogP contribution is -2.36. The summed E-state index contributed by atoms with van der Waals surface area (Å²) in [5.41, 5.74) is 0. The van der Waals surface area contributed by atoms with Gasteiger partial charge in [-0.2, -0.15) is 0 Å². The maximum absolute atomic E-state index is 12.1. The number of sulfonamides is 1. The molecule has 0 aromatic carbocycles. The van der Waals surface area contributed by atoms with Gasteiger partial charge in [0.2, 0.25) is 10.0 Å². The maximum Gasteiger partial charge on any atom is 0.323 e. The first-order chi connectivity index (χ1) is 9.16. The van der Waals surface area contributed by atoms with Gasteiger partial charge in [0.1, 0.15) is 17.2 Å². The molecular formula is C11H16N2O6S. The van der Waals surface area contributed by atoms with Crippen LogP contribution in [0, 0.1) is 6.92 Å². The molecule has 1 aromatic heterocycles. The molecule has 112 valence electrons. The molecular weight excluding hydrogens is 288 g/mol. The fraction of sp³-hybridized carbons (Fsp3) is 0.455. The quantitative estimate of drug-likeness (QED) is 0.770. The van der Waals surface area contributed by atoms with Crippen molar-refractivity contribution >= 4 is 21.9 Å². The number of primary sulfonamides is 1. The minimum atomic E-state index is -3.99. The molecule has 3 N–H and O–H groups in total. The molecule has 0 fully saturated rings. The van der Waals surface area contributed by atoms with Gasteiger partial charge in [-0.05, 0) is 13.3 Å². The molecule has 0 bridgehead atoms. The van der Waals surface area contributed by atoms with Crippen LogP contribution in [0.2, 0.25) is 0 Å². The second-order valence-electron chi connectivity index (χ2n) is 4.20. The van der Waals surface area contributed by atoms with E-state index >= 15 is 0 Å². The average Bonchev–Trinajstić information content (AvgIpc) is 2.69. The molecule has 0 saturated carbocycles. The highest BCUT2D eigenvalue weighted by Gasteiger charge is 2.25. The van der Waals surface area contributed by atoms with Crippen LogP contribution in [0.25, 0.3) is 0 Å². The Morgan fingerprint density at radius 1 is 1.45 bits per heavy atom. The van der Waals surface area contributed by atoms with E-state index in [0.29, 0.717) is 6.42 Å². The summed E-state index contributed by atoms with van der Waals surface area (Å²) in [5.74, 6) is -2.11. The Labute approximate surface area is 116 Å². The monoisotopic (exact) mass is 304 g/mol. The van der Waals surface area contributed by atoms with E-state index in [1.807, 2.05) is 0 Å². The predicted octanol–water partition coefficient (Wildman–Crippen LogP) is 0.172. The second kappa shape index (κ2) is 6.06. The Morgan fingerprint density at radius 3 is 2.45 bits per heavy atom. The molecule has 0 saturated heterocycles. The normalized spacial score (nSPS) is 11.3. The van der Waals surface area contributed by atoms with Crippen molar-refractivity contribution in [3.8, 4) is 0 Å². The third kappa shape index (κ3) is 3.81. The van der Waals surface area contributed by atoms with Gasteiger partial charge in [-0.25, -0.2) is 13.6 Å². The van der Waals surface area contributed by atoms with Gasteiger partial charge >= 0.3 is 5.97 Å². The summed E-state index contributed by atoms with van der Waals surface area (Å²) >= 11 is 0. The third-order valence-electron chi connectivity index (χ3n) is 2.50. The number of nitrogens with zero attached hydrogens (tertiary/aromatic N) is 1. The van der Waals surface area contributed by atoms with E-state index in [1.165, 1.54) is 6.92 Å². The summed E-state index contributed by atoms with van der Waals surface area (Å²) in [4.78, 5) is 23.6. The zero-order chi connectivity index (χ0) is 15.5. The van der Waals surface area contributed by atoms with Gasteiger partial charge in [-0.15, -0.1) is 0 Å². The van der Waals surface area contributed by atoms with Crippen molar-refractivity contribution in [2.24, 2.45) is 5.14 Å². The number of aliphatic carboxylic acids is 1. The van der Waals surface area contributed by atoms with Crippen molar-refractivity contribution < 1.29 is 27.5 Å². The summed E-state index contributed by atoms with van der Waals surface area (Å²) in [6, 6.07) is 1.01. The molecule has 1 rings (SSSR count). The average molecular weight is 304 g/mol. The lowest BCUT2D eigenvalue weighted by atomic mass is 10.3. The number of amides is 1. The van der Waals surface area contributed by atoms with Crippen LogP contribution >= 0.6 is 0 Å². The van der Waals surface area contributed by atoms with Crippen LogP contribution in [0.15, 0.2) is 15.4 Å². The number of hydrogen-bond donors (Lipinski definition) is 2. The van der Waals surface area contributed by atoms with Gasteiger partial charge in [0.25, 0.3) is 5.91 Å². The summed E-state index contributed by atoms with van der Waals surface area (Å²) in [6.45, 7) is 2.87. The molecule has 0 aliphatic rings. The van der Waals surface area contributed by atoms with E-state index in [0.717, 1.165) is 11.0 Å². The van der Waals surface area contributed by atoms with Gasteiger partial charge in [0, 0.05) is 12.6 Å². The first kappa shape index (κ1) is 16.2. The fourth-order valence-corrected chi connectivity index (χ4v) is 2.41. The molecule has 8 nitrogen and oxygen atoms in total. The van der Waals surface area contributed by atoms with Gasteiger partial charge in [-0.1, -0.05) is 6.92 Å². The molecule has 20 heavy (non-hydrogen) atoms. The minimum Gasteiger partial charge on any atom is -0.480 e. The number of hydrogen-bond acceptors (Lipinski definition) is 5. The van der Waals surface area contributed by atoms with Gasteiger partial charge in [0.15, 0.2) is 5.76 Å². The number of carboxylic acids is 1. The van der Waals surface area contributed by atoms with Crippen molar-refractivity contribution in [3.05, 3.63) is 17.6 Å². The number of nitrogens with two attached hydrogens (primary N) is 1. The molecule has 1 amide bonds. The van der Waals surface area contributed by atoms with Crippen LogP contribution < -0.4 is 5.14 Å². The number of rotatable bonds is 6. The molecule has 0 atom stereocenters. The fourth-order valence-electron chi connectivity index (χ4n) is 1.69. The van der Waals surface area contributed by atoms with E-state index in [4.69, 9.17) is 14.7 Å². The number of carbonyl (C=O) groups excluding carboxylic acids is 1. The second-order valence-corrected chi connectivity index (χ2v) is 5.73. The zero-order valence-electron chi connectivity index (χ0n) is 11.1. The van der Waals surface area contributed by atoms with Crippen molar-refractivity contribution in [2.45, 2.75) is 25.2 Å². The summed E-state index contributed by atoms with van der Waals surface area (Å²) in [5, 5.41) is 13.7. The molecule has 0 aliphatic heterocycles. The standard InChI is InChI=1S/C11H16N2O6S/c1-3-4-13(6-10(14)15)11(16)8-5-9(7(2)19-8)20(12,17)18/h5H,3-4,6H2,1-2H3,(H,14,15)(H2,12,17,18). The van der Waals surface area contributed by atoms with Crippen molar-refractivity contribution in [1.29, 1.82) is 0 Å². The van der Waals surface area contributed by atoms with Crippen LogP contribution in [-0.4, -0.2) is 43.4 Å². The Balaban J connectivity index is 3.10. The Bertz CT molecular complexity index is 619. The van der Waals surface area contributed by atoms with Gasteiger partial charge in [0.05, 0.1) is 0 Å². The van der Waals surface area contributed by atoms with Gasteiger partial charge < -0.3 is 14.4 Å². The van der Waals surface area contributed by atoms with Crippen LogP contribution in [0.1, 0.15) is 29.7 Å². The Kier molecular flexibility index (Phi) is 4.90. The van der Waals surface area contributed by atoms with Crippen LogP contribution in [0.5, 0.6) is 0 Å². The molecule has 0 aliphatic carbocycles. The topological polar surface area (TPSA) is 131 Å². The molecule has 0 radical (unpaired) electrons. The van der Waals surface area contributed by atoms with E-state index in [-0.39, 0.29) is 23.0 Å². The van der Waals surface area contributed by atoms with E-state index in [2.05, 4.69) is 0 Å². The van der Waals surface area contributed by atoms with E-state index in [9.17, 15) is 18.0 Å². The lowest BCUT2D eigenvalue weighted by Gasteiger charge is -2.18. The van der Waals surface area contributed by atoms with Crippen LogP contribution in [0.3, 0.4) is 0 Å². The zero-order valence-corrected chi connectivity index (χ0v) is 11.9. The molecule has 1 aromatic rings. The molecule has 9 heteroatoms. The van der Waals surface area contributed by atoms with Crippen LogP contribution in [0.4, 0.5) is 0 Å². The van der Waals surface area contributed by atoms with Gasteiger partial charge in [-0.3, -0.25) is 9.59 Å². The summed E-state index contributed by atoms with van der Waals surface area (Å²) in [6.07, 6.45) is 0.556. The number of carbonyl (C=O) groups is 2. The largest absolute Gasteiger partial charge is 0.480 e. The minimum absolute atomic E-state index is 0.0115. The number of carboxylic acid groups (broad SMARTS) is 1. The highest BCUT2D eigenvalue weighted by molar-refractivity contribution is 7.89. The smallest absolute Gasteiger partial charge is 0.323 e. The number of aryl methyl sites for hydroxylation is 1. The molecule has 0 spiro atoms. The predicted molar refractivity (Wildman–Crippen MR) is 68.6 cm³/mol. The Hall–Kier alpha value is -1.87. The first-order valence-corrected chi connectivity index (χ1v) is 7.35. The summed E-state index contributed by atoms with van der Waals surface area (Å²) in [7, 11) is -3.99. The van der Waals surface area contributed by atoms with E-state index in [1.54, 1.807) is 6.92 Å².